The molecule has 1 aromatic heterocycles. The fraction of sp³-hybridized carbons (Fsp3) is 0.400. The summed E-state index contributed by atoms with van der Waals surface area (Å²) in [5, 5.41) is 0. The summed E-state index contributed by atoms with van der Waals surface area (Å²) in [4.78, 5) is 30.2. The van der Waals surface area contributed by atoms with E-state index in [0.29, 0.717) is 13.8 Å². The number of rotatable bonds is 8. The van der Waals surface area contributed by atoms with Crippen molar-refractivity contribution in [3.8, 4) is 22.5 Å². The molecule has 4 unspecified atom stereocenters. The molecule has 0 N–H and O–H groups in total. The number of carbonyl (C=O) groups excluding carboxylic acids is 2. The largest absolute Gasteiger partial charge is 0.417 e. The van der Waals surface area contributed by atoms with Crippen molar-refractivity contribution in [3.05, 3.63) is 70.0 Å². The lowest BCUT2D eigenvalue weighted by Gasteiger charge is -2.28. The summed E-state index contributed by atoms with van der Waals surface area (Å²) in [6, 6.07) is -1.29. The molecule has 0 aliphatic carbocycles. The topological polar surface area (TPSA) is 59.9 Å². The molecule has 3 aromatic rings. The quantitative estimate of drug-likeness (QED) is 0.169. The second-order valence-electron chi connectivity index (χ2n) is 11.2. The zero-order chi connectivity index (χ0) is 40.2. The SMILES string of the molecule is CC(c1nc(-c2ccc(C(F)(F)F)cc2C(F)(F)F)c(C(C)C(C=O)C(F)(F)F)nc1-c1ccc(C(F)(F)F)cc1C(F)(F)F)C(C=O)C(F)(F)F. The van der Waals surface area contributed by atoms with E-state index in [9.17, 15) is 88.6 Å². The zero-order valence-electron chi connectivity index (χ0n) is 25.4. The third kappa shape index (κ3) is 8.79. The van der Waals surface area contributed by atoms with Gasteiger partial charge >= 0.3 is 37.1 Å². The van der Waals surface area contributed by atoms with E-state index in [1.54, 1.807) is 0 Å². The first-order chi connectivity index (χ1) is 23.3. The van der Waals surface area contributed by atoms with E-state index < -0.39 is 142 Å². The van der Waals surface area contributed by atoms with Gasteiger partial charge in [-0.2, -0.15) is 79.0 Å². The van der Waals surface area contributed by atoms with Crippen molar-refractivity contribution in [2.24, 2.45) is 11.8 Å². The lowest BCUT2D eigenvalue weighted by atomic mass is 9.84. The molecule has 0 bridgehead atoms. The first-order valence-corrected chi connectivity index (χ1v) is 13.9. The Balaban J connectivity index is 2.73. The Morgan fingerprint density at radius 1 is 0.481 bits per heavy atom. The van der Waals surface area contributed by atoms with Crippen molar-refractivity contribution < 1.29 is 88.6 Å². The summed E-state index contributed by atoms with van der Waals surface area (Å²) >= 11 is 0. The molecule has 286 valence electrons. The standard InChI is InChI=1S/C30H18F18N2O2/c1-11(19(9-51)29(43,44)45)21-23(15-5-3-13(25(31,32)33)7-17(15)27(37,38)39)50-22(12(2)20(10-52)30(46,47)48)24(49-21)16-6-4-14(26(34,35)36)8-18(16)28(40,41)42/h3-12,19-20H,1-2H3. The first kappa shape index (κ1) is 42.0. The monoisotopic (exact) mass is 780 g/mol. The van der Waals surface area contributed by atoms with E-state index in [1.807, 2.05) is 0 Å². The smallest absolute Gasteiger partial charge is 0.303 e. The Hall–Kier alpha value is -4.40. The fourth-order valence-corrected chi connectivity index (χ4v) is 5.11. The van der Waals surface area contributed by atoms with E-state index in [1.165, 1.54) is 0 Å². The van der Waals surface area contributed by atoms with Gasteiger partial charge in [-0.1, -0.05) is 26.0 Å². The van der Waals surface area contributed by atoms with Crippen LogP contribution >= 0.6 is 0 Å². The molecule has 22 heteroatoms. The highest BCUT2D eigenvalue weighted by molar-refractivity contribution is 5.75. The molecule has 4 atom stereocenters. The second kappa shape index (κ2) is 13.9. The predicted molar refractivity (Wildman–Crippen MR) is 141 cm³/mol. The predicted octanol–water partition coefficient (Wildman–Crippen LogP) is 10.8. The number of alkyl halides is 18. The van der Waals surface area contributed by atoms with Crippen LogP contribution in [0.1, 0.15) is 59.3 Å². The van der Waals surface area contributed by atoms with Crippen molar-refractivity contribution in [1.82, 2.24) is 9.97 Å². The van der Waals surface area contributed by atoms with Crippen LogP contribution in [0.15, 0.2) is 36.4 Å². The van der Waals surface area contributed by atoms with Crippen molar-refractivity contribution >= 4 is 12.6 Å². The van der Waals surface area contributed by atoms with Gasteiger partial charge in [-0.3, -0.25) is 0 Å². The van der Waals surface area contributed by atoms with Gasteiger partial charge in [0.25, 0.3) is 0 Å². The maximum atomic E-state index is 14.2. The molecule has 0 aliphatic rings. The molecule has 1 heterocycles. The van der Waals surface area contributed by atoms with E-state index in [2.05, 4.69) is 9.97 Å². The number of aldehydes is 2. The Morgan fingerprint density at radius 2 is 0.769 bits per heavy atom. The molecule has 0 saturated carbocycles. The fourth-order valence-electron chi connectivity index (χ4n) is 5.11. The highest BCUT2D eigenvalue weighted by Gasteiger charge is 2.49. The van der Waals surface area contributed by atoms with E-state index >= 15 is 0 Å². The van der Waals surface area contributed by atoms with Crippen molar-refractivity contribution in [2.45, 2.75) is 62.7 Å². The minimum Gasteiger partial charge on any atom is -0.303 e. The van der Waals surface area contributed by atoms with Gasteiger partial charge in [0, 0.05) is 23.0 Å². The normalized spacial score (nSPS) is 15.9. The van der Waals surface area contributed by atoms with E-state index in [4.69, 9.17) is 0 Å². The summed E-state index contributed by atoms with van der Waals surface area (Å²) in [6.07, 6.45) is -35.6. The van der Waals surface area contributed by atoms with Gasteiger partial charge in [-0.15, -0.1) is 0 Å². The lowest BCUT2D eigenvalue weighted by molar-refractivity contribution is -0.180. The maximum absolute atomic E-state index is 14.2. The molecule has 3 rings (SSSR count). The minimum absolute atomic E-state index is 0.0241. The third-order valence-corrected chi connectivity index (χ3v) is 7.75. The van der Waals surface area contributed by atoms with Crippen molar-refractivity contribution in [1.29, 1.82) is 0 Å². The summed E-state index contributed by atoms with van der Waals surface area (Å²) in [7, 11) is 0. The lowest BCUT2D eigenvalue weighted by Crippen LogP contribution is -2.32. The third-order valence-electron chi connectivity index (χ3n) is 7.75. The van der Waals surface area contributed by atoms with Crippen LogP contribution < -0.4 is 0 Å². The van der Waals surface area contributed by atoms with Gasteiger partial charge in [0.15, 0.2) is 0 Å². The van der Waals surface area contributed by atoms with Gasteiger partial charge in [-0.25, -0.2) is 9.97 Å². The van der Waals surface area contributed by atoms with E-state index in [0.717, 1.165) is 0 Å². The van der Waals surface area contributed by atoms with Crippen LogP contribution in [0.25, 0.3) is 22.5 Å². The number of hydrogen-bond acceptors (Lipinski definition) is 4. The van der Waals surface area contributed by atoms with Crippen LogP contribution in [0.3, 0.4) is 0 Å². The number of carbonyl (C=O) groups is 2. The molecule has 2 aromatic carbocycles. The van der Waals surface area contributed by atoms with Crippen LogP contribution in [0.2, 0.25) is 0 Å². The summed E-state index contributed by atoms with van der Waals surface area (Å²) in [6.45, 7) is 0.817. The average molecular weight is 780 g/mol. The van der Waals surface area contributed by atoms with E-state index in [-0.39, 0.29) is 24.3 Å². The van der Waals surface area contributed by atoms with Crippen LogP contribution in [-0.2, 0) is 34.3 Å². The zero-order valence-corrected chi connectivity index (χ0v) is 25.4. The first-order valence-electron chi connectivity index (χ1n) is 13.9. The number of hydrogen-bond donors (Lipinski definition) is 0. The van der Waals surface area contributed by atoms with Gasteiger partial charge in [0.05, 0.1) is 45.0 Å². The Kier molecular flexibility index (Phi) is 11.2. The van der Waals surface area contributed by atoms with Crippen LogP contribution in [-0.4, -0.2) is 34.9 Å². The molecule has 0 saturated heterocycles. The van der Waals surface area contributed by atoms with Crippen molar-refractivity contribution in [3.63, 3.8) is 0 Å². The summed E-state index contributed by atoms with van der Waals surface area (Å²) in [5.41, 5.74) is -18.2. The number of benzene rings is 2. The number of aromatic nitrogens is 2. The van der Waals surface area contributed by atoms with Crippen LogP contribution in [0.5, 0.6) is 0 Å². The van der Waals surface area contributed by atoms with Gasteiger partial charge in [-0.05, 0) is 24.3 Å². The number of halogens is 18. The van der Waals surface area contributed by atoms with Crippen LogP contribution in [0, 0.1) is 11.8 Å². The summed E-state index contributed by atoms with van der Waals surface area (Å²) < 4.78 is 249. The molecule has 0 amide bonds. The highest BCUT2D eigenvalue weighted by Crippen LogP contribution is 2.49. The second-order valence-corrected chi connectivity index (χ2v) is 11.2. The Bertz CT molecular complexity index is 1670. The Labute approximate surface area is 278 Å². The van der Waals surface area contributed by atoms with Crippen LogP contribution in [0.4, 0.5) is 79.0 Å². The van der Waals surface area contributed by atoms with Gasteiger partial charge < -0.3 is 9.59 Å². The molecular formula is C30H18F18N2O2. The molecule has 0 aliphatic heterocycles. The van der Waals surface area contributed by atoms with Gasteiger partial charge in [0.1, 0.15) is 24.4 Å². The highest BCUT2D eigenvalue weighted by atomic mass is 19.4. The summed E-state index contributed by atoms with van der Waals surface area (Å²) in [5.74, 6) is -11.9. The average Bonchev–Trinajstić information content (AvgIpc) is 2.97. The molecule has 0 spiro atoms. The minimum atomic E-state index is -5.86. The molecule has 0 radical (unpaired) electrons. The maximum Gasteiger partial charge on any atom is 0.417 e. The molecular weight excluding hydrogens is 762 g/mol. The molecule has 0 fully saturated rings. The molecule has 52 heavy (non-hydrogen) atoms. The molecule has 4 nitrogen and oxygen atoms in total. The van der Waals surface area contributed by atoms with Gasteiger partial charge in [0.2, 0.25) is 0 Å². The Morgan fingerprint density at radius 3 is 0.981 bits per heavy atom. The number of nitrogens with zero attached hydrogens (tertiary/aromatic N) is 2. The van der Waals surface area contributed by atoms with Crippen molar-refractivity contribution in [2.75, 3.05) is 0 Å².